The molecule has 0 heterocycles. The Bertz CT molecular complexity index is 399. The molecule has 0 aliphatic carbocycles. The molecule has 1 rings (SSSR count). The lowest BCUT2D eigenvalue weighted by Gasteiger charge is -2.09. The number of nitrogens with one attached hydrogen (secondary N) is 1. The second-order valence-corrected chi connectivity index (χ2v) is 4.22. The summed E-state index contributed by atoms with van der Waals surface area (Å²) < 4.78 is 10.2. The topological polar surface area (TPSA) is 47.6 Å². The van der Waals surface area contributed by atoms with E-state index in [4.69, 9.17) is 32.7 Å². The first-order valence-electron chi connectivity index (χ1n) is 5.44. The van der Waals surface area contributed by atoms with Crippen molar-refractivity contribution in [1.82, 2.24) is 5.32 Å². The third kappa shape index (κ3) is 4.72. The Kier molecular flexibility index (Phi) is 6.86. The molecule has 0 aliphatic rings. The maximum absolute atomic E-state index is 11.9. The number of amides is 1. The Morgan fingerprint density at radius 1 is 1.39 bits per heavy atom. The minimum Gasteiger partial charge on any atom is -0.496 e. The van der Waals surface area contributed by atoms with E-state index in [1.165, 1.54) is 7.11 Å². The van der Waals surface area contributed by atoms with Crippen LogP contribution in [0.2, 0.25) is 5.02 Å². The van der Waals surface area contributed by atoms with Crippen LogP contribution in [0.3, 0.4) is 0 Å². The summed E-state index contributed by atoms with van der Waals surface area (Å²) in [6.45, 7) is 1.30. The van der Waals surface area contributed by atoms with Gasteiger partial charge in [-0.2, -0.15) is 0 Å². The Balaban J connectivity index is 2.52. The van der Waals surface area contributed by atoms with Gasteiger partial charge in [0.25, 0.3) is 5.91 Å². The van der Waals surface area contributed by atoms with Crippen molar-refractivity contribution in [3.63, 3.8) is 0 Å². The molecule has 6 heteroatoms. The SMILES string of the molecule is COc1ccc(Cl)cc1C(=O)NCCOCCCl. The monoisotopic (exact) mass is 291 g/mol. The van der Waals surface area contributed by atoms with Crippen molar-refractivity contribution in [1.29, 1.82) is 0 Å². The first kappa shape index (κ1) is 15.1. The summed E-state index contributed by atoms with van der Waals surface area (Å²) in [5, 5.41) is 3.20. The molecule has 1 N–H and O–H groups in total. The number of hydrogen-bond acceptors (Lipinski definition) is 3. The predicted octanol–water partition coefficient (Wildman–Crippen LogP) is 2.33. The van der Waals surface area contributed by atoms with Crippen molar-refractivity contribution in [3.05, 3.63) is 28.8 Å². The maximum atomic E-state index is 11.9. The first-order chi connectivity index (χ1) is 8.69. The molecule has 1 aromatic rings. The van der Waals surface area contributed by atoms with E-state index < -0.39 is 0 Å². The quantitative estimate of drug-likeness (QED) is 0.620. The lowest BCUT2D eigenvalue weighted by atomic mass is 10.2. The summed E-state index contributed by atoms with van der Waals surface area (Å²) in [6.07, 6.45) is 0. The van der Waals surface area contributed by atoms with Crippen LogP contribution in [0.15, 0.2) is 18.2 Å². The summed E-state index contributed by atoms with van der Waals surface area (Å²) in [5.41, 5.74) is 0.405. The number of carbonyl (C=O) groups excluding carboxylic acids is 1. The van der Waals surface area contributed by atoms with Crippen LogP contribution in [0.25, 0.3) is 0 Å². The summed E-state index contributed by atoms with van der Waals surface area (Å²) in [5.74, 6) is 0.679. The van der Waals surface area contributed by atoms with Crippen LogP contribution in [0, 0.1) is 0 Å². The van der Waals surface area contributed by atoms with Crippen LogP contribution in [-0.2, 0) is 4.74 Å². The molecule has 4 nitrogen and oxygen atoms in total. The Morgan fingerprint density at radius 2 is 2.17 bits per heavy atom. The van der Waals surface area contributed by atoms with Crippen LogP contribution in [0.5, 0.6) is 5.75 Å². The standard InChI is InChI=1S/C12H15Cl2NO3/c1-17-11-3-2-9(14)8-10(11)12(16)15-5-7-18-6-4-13/h2-3,8H,4-7H2,1H3,(H,15,16). The van der Waals surface area contributed by atoms with Crippen LogP contribution >= 0.6 is 23.2 Å². The fourth-order valence-electron chi connectivity index (χ4n) is 1.35. The van der Waals surface area contributed by atoms with Crippen molar-refractivity contribution in [2.45, 2.75) is 0 Å². The Labute approximate surface area is 116 Å². The molecule has 0 unspecified atom stereocenters. The lowest BCUT2D eigenvalue weighted by molar-refractivity contribution is 0.0920. The molecule has 18 heavy (non-hydrogen) atoms. The zero-order valence-electron chi connectivity index (χ0n) is 10.0. The van der Waals surface area contributed by atoms with E-state index >= 15 is 0 Å². The average Bonchev–Trinajstić information content (AvgIpc) is 2.38. The van der Waals surface area contributed by atoms with Crippen LogP contribution in [0.4, 0.5) is 0 Å². The van der Waals surface area contributed by atoms with E-state index in [0.717, 1.165) is 0 Å². The number of rotatable bonds is 7. The van der Waals surface area contributed by atoms with Gasteiger partial charge < -0.3 is 14.8 Å². The van der Waals surface area contributed by atoms with E-state index in [-0.39, 0.29) is 5.91 Å². The smallest absolute Gasteiger partial charge is 0.255 e. The molecular formula is C12H15Cl2NO3. The fraction of sp³-hybridized carbons (Fsp3) is 0.417. The van der Waals surface area contributed by atoms with Crippen LogP contribution < -0.4 is 10.1 Å². The molecule has 0 saturated carbocycles. The number of halogens is 2. The highest BCUT2D eigenvalue weighted by atomic mass is 35.5. The minimum absolute atomic E-state index is 0.246. The lowest BCUT2D eigenvalue weighted by Crippen LogP contribution is -2.27. The zero-order valence-corrected chi connectivity index (χ0v) is 11.6. The summed E-state index contributed by atoms with van der Waals surface area (Å²) in [6, 6.07) is 4.89. The van der Waals surface area contributed by atoms with Gasteiger partial charge in [0.1, 0.15) is 5.75 Å². The molecule has 0 atom stereocenters. The van der Waals surface area contributed by atoms with Gasteiger partial charge in [-0.1, -0.05) is 11.6 Å². The molecule has 100 valence electrons. The van der Waals surface area contributed by atoms with Gasteiger partial charge in [0.15, 0.2) is 0 Å². The van der Waals surface area contributed by atoms with Crippen LogP contribution in [0.1, 0.15) is 10.4 Å². The predicted molar refractivity (Wildman–Crippen MR) is 71.9 cm³/mol. The van der Waals surface area contributed by atoms with Crippen molar-refractivity contribution in [3.8, 4) is 5.75 Å². The van der Waals surface area contributed by atoms with E-state index in [1.807, 2.05) is 0 Å². The molecule has 0 aliphatic heterocycles. The normalized spacial score (nSPS) is 10.2. The molecule has 1 aromatic carbocycles. The van der Waals surface area contributed by atoms with E-state index in [2.05, 4.69) is 5.32 Å². The second kappa shape index (κ2) is 8.19. The maximum Gasteiger partial charge on any atom is 0.255 e. The second-order valence-electron chi connectivity index (χ2n) is 3.40. The van der Waals surface area contributed by atoms with Gasteiger partial charge >= 0.3 is 0 Å². The number of benzene rings is 1. The number of methoxy groups -OCH3 is 1. The number of carbonyl (C=O) groups is 1. The van der Waals surface area contributed by atoms with Crippen molar-refractivity contribution < 1.29 is 14.3 Å². The van der Waals surface area contributed by atoms with Crippen molar-refractivity contribution in [2.75, 3.05) is 32.7 Å². The van der Waals surface area contributed by atoms with E-state index in [9.17, 15) is 4.79 Å². The molecule has 0 saturated heterocycles. The fourth-order valence-corrected chi connectivity index (χ4v) is 1.63. The molecule has 0 radical (unpaired) electrons. The largest absolute Gasteiger partial charge is 0.496 e. The minimum atomic E-state index is -0.246. The van der Waals surface area contributed by atoms with E-state index in [0.29, 0.717) is 42.0 Å². The highest BCUT2D eigenvalue weighted by Crippen LogP contribution is 2.22. The van der Waals surface area contributed by atoms with Gasteiger partial charge in [0, 0.05) is 17.4 Å². The van der Waals surface area contributed by atoms with Gasteiger partial charge in [0.2, 0.25) is 0 Å². The molecule has 0 fully saturated rings. The molecule has 0 spiro atoms. The van der Waals surface area contributed by atoms with Gasteiger partial charge in [-0.15, -0.1) is 11.6 Å². The van der Waals surface area contributed by atoms with Crippen molar-refractivity contribution >= 4 is 29.1 Å². The summed E-state index contributed by atoms with van der Waals surface area (Å²) in [7, 11) is 1.50. The Hall–Kier alpha value is -0.970. The highest BCUT2D eigenvalue weighted by molar-refractivity contribution is 6.31. The molecular weight excluding hydrogens is 277 g/mol. The third-order valence-corrected chi connectivity index (χ3v) is 2.55. The average molecular weight is 292 g/mol. The molecule has 0 bridgehead atoms. The van der Waals surface area contributed by atoms with Gasteiger partial charge in [-0.25, -0.2) is 0 Å². The number of alkyl halides is 1. The summed E-state index contributed by atoms with van der Waals surface area (Å²) >= 11 is 11.3. The number of hydrogen-bond donors (Lipinski definition) is 1. The summed E-state index contributed by atoms with van der Waals surface area (Å²) in [4.78, 5) is 11.9. The van der Waals surface area contributed by atoms with E-state index in [1.54, 1.807) is 18.2 Å². The van der Waals surface area contributed by atoms with Gasteiger partial charge in [-0.3, -0.25) is 4.79 Å². The van der Waals surface area contributed by atoms with Gasteiger partial charge in [-0.05, 0) is 18.2 Å². The molecule has 1 amide bonds. The van der Waals surface area contributed by atoms with Gasteiger partial charge in [0.05, 0.1) is 25.9 Å². The highest BCUT2D eigenvalue weighted by Gasteiger charge is 2.12. The van der Waals surface area contributed by atoms with Crippen molar-refractivity contribution in [2.24, 2.45) is 0 Å². The molecule has 0 aromatic heterocycles. The zero-order chi connectivity index (χ0) is 13.4. The number of ether oxygens (including phenoxy) is 2. The third-order valence-electron chi connectivity index (χ3n) is 2.16. The Morgan fingerprint density at radius 3 is 2.83 bits per heavy atom. The van der Waals surface area contributed by atoms with Crippen LogP contribution in [-0.4, -0.2) is 38.7 Å². The first-order valence-corrected chi connectivity index (χ1v) is 6.35.